The molecule has 0 saturated carbocycles. The van der Waals surface area contributed by atoms with Crippen LogP contribution in [0.3, 0.4) is 0 Å². The van der Waals surface area contributed by atoms with Crippen LogP contribution in [0.25, 0.3) is 0 Å². The molecule has 0 bridgehead atoms. The number of nitrogens with zero attached hydrogens (tertiary/aromatic N) is 2. The summed E-state index contributed by atoms with van der Waals surface area (Å²) in [5.41, 5.74) is 0.969. The van der Waals surface area contributed by atoms with Crippen molar-refractivity contribution in [2.75, 3.05) is 27.2 Å². The molecule has 1 rings (SSSR count). The third kappa shape index (κ3) is 8.75. The topological polar surface area (TPSA) is 59.1 Å². The van der Waals surface area contributed by atoms with Crippen LogP contribution in [0.2, 0.25) is 0 Å². The average Bonchev–Trinajstić information content (AvgIpc) is 2.67. The molecule has 0 aliphatic rings. The van der Waals surface area contributed by atoms with Gasteiger partial charge in [0.05, 0.1) is 5.41 Å². The molecule has 1 atom stereocenters. The number of hydrogen-bond donors (Lipinski definition) is 0. The Labute approximate surface area is 200 Å². The Morgan fingerprint density at radius 3 is 1.76 bits per heavy atom. The molecule has 0 radical (unpaired) electrons. The highest BCUT2D eigenvalue weighted by Crippen LogP contribution is 2.38. The number of amides is 1. The molecule has 0 spiro atoms. The number of benzene rings is 1. The molecule has 0 heterocycles. The third-order valence-corrected chi connectivity index (χ3v) is 5.42. The molecule has 1 aromatic carbocycles. The minimum Gasteiger partial charge on any atom is -0.457 e. The number of ether oxygens (including phenoxy) is 2. The minimum atomic E-state index is -0.586. The van der Waals surface area contributed by atoms with Crippen molar-refractivity contribution >= 4 is 12.1 Å². The summed E-state index contributed by atoms with van der Waals surface area (Å²) in [6, 6.07) is 7.15. The smallest absolute Gasteiger partial charge is 0.415 e. The van der Waals surface area contributed by atoms with Gasteiger partial charge in [-0.3, -0.25) is 4.79 Å². The van der Waals surface area contributed by atoms with Gasteiger partial charge in [0.15, 0.2) is 0 Å². The van der Waals surface area contributed by atoms with Crippen molar-refractivity contribution in [3.8, 4) is 5.75 Å². The van der Waals surface area contributed by atoms with Gasteiger partial charge in [0, 0.05) is 43.7 Å². The summed E-state index contributed by atoms with van der Waals surface area (Å²) >= 11 is 0. The fraction of sp³-hybridized carbons (Fsp3) is 0.630. The summed E-state index contributed by atoms with van der Waals surface area (Å²) in [5.74, 6) is 0.191. The Bertz CT molecular complexity index is 824. The molecule has 33 heavy (non-hydrogen) atoms. The van der Waals surface area contributed by atoms with Gasteiger partial charge >= 0.3 is 12.1 Å². The summed E-state index contributed by atoms with van der Waals surface area (Å²) < 4.78 is 11.4. The van der Waals surface area contributed by atoms with Crippen LogP contribution in [-0.4, -0.2) is 49.0 Å². The van der Waals surface area contributed by atoms with Crippen molar-refractivity contribution in [3.05, 3.63) is 42.1 Å². The number of esters is 1. The van der Waals surface area contributed by atoms with E-state index in [9.17, 15) is 9.59 Å². The third-order valence-electron chi connectivity index (χ3n) is 5.42. The van der Waals surface area contributed by atoms with Crippen LogP contribution in [0.15, 0.2) is 36.5 Å². The van der Waals surface area contributed by atoms with Gasteiger partial charge in [-0.15, -0.1) is 0 Å². The van der Waals surface area contributed by atoms with E-state index >= 15 is 0 Å². The zero-order valence-corrected chi connectivity index (χ0v) is 22.5. The van der Waals surface area contributed by atoms with Gasteiger partial charge in [-0.05, 0) is 38.5 Å². The predicted molar refractivity (Wildman–Crippen MR) is 134 cm³/mol. The van der Waals surface area contributed by atoms with Crippen LogP contribution >= 0.6 is 0 Å². The second-order valence-electron chi connectivity index (χ2n) is 11.9. The van der Waals surface area contributed by atoms with Crippen molar-refractivity contribution in [1.29, 1.82) is 0 Å². The van der Waals surface area contributed by atoms with Crippen molar-refractivity contribution in [2.24, 2.45) is 16.2 Å². The minimum absolute atomic E-state index is 0.0261. The van der Waals surface area contributed by atoms with Gasteiger partial charge in [-0.25, -0.2) is 4.79 Å². The summed E-state index contributed by atoms with van der Waals surface area (Å²) in [5, 5.41) is 0. The van der Waals surface area contributed by atoms with Gasteiger partial charge in [-0.1, -0.05) is 60.3 Å². The van der Waals surface area contributed by atoms with E-state index in [-0.39, 0.29) is 16.8 Å². The Kier molecular flexibility index (Phi) is 9.18. The molecule has 0 aliphatic heterocycles. The van der Waals surface area contributed by atoms with E-state index in [0.29, 0.717) is 18.8 Å². The zero-order valence-electron chi connectivity index (χ0n) is 22.5. The summed E-state index contributed by atoms with van der Waals surface area (Å²) in [6.07, 6.45) is -0.841. The molecule has 0 fully saturated rings. The van der Waals surface area contributed by atoms with Crippen LogP contribution in [0.5, 0.6) is 5.75 Å². The summed E-state index contributed by atoms with van der Waals surface area (Å²) in [6.45, 7) is 23.3. The first-order chi connectivity index (χ1) is 14.8. The second kappa shape index (κ2) is 10.6. The second-order valence-corrected chi connectivity index (χ2v) is 11.9. The maximum Gasteiger partial charge on any atom is 0.415 e. The lowest BCUT2D eigenvalue weighted by molar-refractivity contribution is -0.165. The number of rotatable bonds is 7. The van der Waals surface area contributed by atoms with E-state index in [2.05, 4.69) is 32.3 Å². The van der Waals surface area contributed by atoms with Gasteiger partial charge in [0.2, 0.25) is 0 Å². The fourth-order valence-electron chi connectivity index (χ4n) is 3.02. The van der Waals surface area contributed by atoms with Crippen LogP contribution in [0, 0.1) is 16.2 Å². The number of carbonyl (C=O) groups is 2. The van der Waals surface area contributed by atoms with E-state index in [1.165, 1.54) is 0 Å². The fourth-order valence-corrected chi connectivity index (χ4v) is 3.02. The highest BCUT2D eigenvalue weighted by Gasteiger charge is 2.34. The predicted octanol–water partition coefficient (Wildman–Crippen LogP) is 6.29. The van der Waals surface area contributed by atoms with E-state index in [1.807, 2.05) is 60.7 Å². The first kappa shape index (κ1) is 28.5. The lowest BCUT2D eigenvalue weighted by atomic mass is 9.84. The maximum absolute atomic E-state index is 12.5. The molecular weight excluding hydrogens is 416 g/mol. The largest absolute Gasteiger partial charge is 0.457 e. The first-order valence-electron chi connectivity index (χ1n) is 11.5. The lowest BCUT2D eigenvalue weighted by Crippen LogP contribution is -2.37. The lowest BCUT2D eigenvalue weighted by Gasteiger charge is -2.33. The van der Waals surface area contributed by atoms with E-state index < -0.39 is 17.6 Å². The van der Waals surface area contributed by atoms with Gasteiger partial charge in [0.1, 0.15) is 11.9 Å². The SMILES string of the molecule is C=C(N(C)CCN(C)C(=O)Oc1ccc(C(OC(=O)C(C)(C)C)C(C)(C)C)cc1)C(C)(C)C. The molecule has 0 aliphatic carbocycles. The molecular formula is C27H44N2O4. The highest BCUT2D eigenvalue weighted by atomic mass is 16.6. The molecule has 1 unspecified atom stereocenters. The van der Waals surface area contributed by atoms with E-state index in [0.717, 1.165) is 11.3 Å². The van der Waals surface area contributed by atoms with Crippen LogP contribution in [0.1, 0.15) is 74.0 Å². The van der Waals surface area contributed by atoms with Gasteiger partial charge in [-0.2, -0.15) is 0 Å². The van der Waals surface area contributed by atoms with Crippen LogP contribution in [-0.2, 0) is 9.53 Å². The van der Waals surface area contributed by atoms with Crippen molar-refractivity contribution in [2.45, 2.75) is 68.4 Å². The zero-order chi connectivity index (χ0) is 25.8. The number of allylic oxidation sites excluding steroid dienone is 1. The normalized spacial score (nSPS) is 13.2. The maximum atomic E-state index is 12.5. The molecule has 0 aromatic heterocycles. The Morgan fingerprint density at radius 2 is 1.33 bits per heavy atom. The van der Waals surface area contributed by atoms with Crippen molar-refractivity contribution in [1.82, 2.24) is 9.80 Å². The van der Waals surface area contributed by atoms with Crippen molar-refractivity contribution in [3.63, 3.8) is 0 Å². The standard InChI is InChI=1S/C27H44N2O4/c1-19(25(2,3)4)28(11)17-18-29(12)24(31)32-21-15-13-20(14-16-21)22(26(5,6)7)33-23(30)27(8,9)10/h13-16,22H,1,17-18H2,2-12H3. The Morgan fingerprint density at radius 1 is 0.848 bits per heavy atom. The van der Waals surface area contributed by atoms with Crippen LogP contribution in [0.4, 0.5) is 4.79 Å². The summed E-state index contributed by atoms with van der Waals surface area (Å²) in [4.78, 5) is 28.6. The highest BCUT2D eigenvalue weighted by molar-refractivity contribution is 5.75. The first-order valence-corrected chi connectivity index (χ1v) is 11.5. The molecule has 1 amide bonds. The monoisotopic (exact) mass is 460 g/mol. The Balaban J connectivity index is 2.80. The molecule has 0 N–H and O–H groups in total. The molecule has 1 aromatic rings. The number of likely N-dealkylation sites (N-methyl/N-ethyl adjacent to an activating group) is 2. The molecule has 0 saturated heterocycles. The molecule has 6 nitrogen and oxygen atoms in total. The van der Waals surface area contributed by atoms with Crippen LogP contribution < -0.4 is 4.74 Å². The number of carbonyl (C=O) groups excluding carboxylic acids is 2. The van der Waals surface area contributed by atoms with Crippen molar-refractivity contribution < 1.29 is 19.1 Å². The van der Waals surface area contributed by atoms with Gasteiger partial charge in [0.25, 0.3) is 0 Å². The Hall–Kier alpha value is -2.50. The van der Waals surface area contributed by atoms with E-state index in [1.54, 1.807) is 24.1 Å². The van der Waals surface area contributed by atoms with Gasteiger partial charge < -0.3 is 19.3 Å². The quantitative estimate of drug-likeness (QED) is 0.448. The number of hydrogen-bond acceptors (Lipinski definition) is 5. The molecule has 186 valence electrons. The van der Waals surface area contributed by atoms with E-state index in [4.69, 9.17) is 9.47 Å². The molecule has 6 heteroatoms. The summed E-state index contributed by atoms with van der Waals surface area (Å²) in [7, 11) is 3.69. The average molecular weight is 461 g/mol.